The first-order chi connectivity index (χ1) is 26.2. The number of benzene rings is 3. The predicted octanol–water partition coefficient (Wildman–Crippen LogP) is 1.58. The SMILES string of the molecule is C[C@@H]1[C@@H]([Si](C)(C)O)[C@H](CCn2cc(C(CO)c3ccccc3)nn2)O[C@@]12C(=O)N(Cc1ccc(NC(=O)[C@H]3O[C@@H](O)[C@H](O)[C@@H](O)[C@@H]3O)cc1)c1ccccc12. The highest BCUT2D eigenvalue weighted by Gasteiger charge is 2.66. The zero-order valence-corrected chi connectivity index (χ0v) is 31.7. The third-order valence-corrected chi connectivity index (χ3v) is 13.7. The third kappa shape index (κ3) is 7.14. The Morgan fingerprint density at radius 3 is 2.35 bits per heavy atom. The molecular formula is C39H47N5O10Si. The van der Waals surface area contributed by atoms with Crippen LogP contribution in [0.1, 0.15) is 41.6 Å². The molecule has 16 heteroatoms. The number of rotatable bonds is 11. The summed E-state index contributed by atoms with van der Waals surface area (Å²) < 4.78 is 13.7. The second kappa shape index (κ2) is 15.3. The van der Waals surface area contributed by atoms with Crippen molar-refractivity contribution in [2.24, 2.45) is 5.92 Å². The fraction of sp³-hybridized carbons (Fsp3) is 0.436. The van der Waals surface area contributed by atoms with E-state index >= 15 is 0 Å². The predicted molar refractivity (Wildman–Crippen MR) is 201 cm³/mol. The van der Waals surface area contributed by atoms with Gasteiger partial charge in [-0.2, -0.15) is 0 Å². The number of aromatic nitrogens is 3. The maximum Gasteiger partial charge on any atom is 0.264 e. The molecule has 0 aliphatic carbocycles. The molecular weight excluding hydrogens is 727 g/mol. The molecule has 2 amide bonds. The maximum absolute atomic E-state index is 14.8. The summed E-state index contributed by atoms with van der Waals surface area (Å²) in [5, 5.41) is 61.2. The van der Waals surface area contributed by atoms with Crippen LogP contribution in [-0.2, 0) is 37.8 Å². The van der Waals surface area contributed by atoms with Crippen molar-refractivity contribution in [1.82, 2.24) is 15.0 Å². The van der Waals surface area contributed by atoms with Crippen molar-refractivity contribution in [1.29, 1.82) is 0 Å². The van der Waals surface area contributed by atoms with Gasteiger partial charge in [-0.3, -0.25) is 14.3 Å². The lowest BCUT2D eigenvalue weighted by Gasteiger charge is -2.37. The first-order valence-electron chi connectivity index (χ1n) is 18.4. The molecule has 7 rings (SSSR count). The summed E-state index contributed by atoms with van der Waals surface area (Å²) in [6.07, 6.45) is -6.95. The van der Waals surface area contributed by atoms with Gasteiger partial charge < -0.3 is 50.0 Å². The van der Waals surface area contributed by atoms with Crippen LogP contribution < -0.4 is 10.2 Å². The largest absolute Gasteiger partial charge is 0.432 e. The Bertz CT molecular complexity index is 1990. The molecule has 1 aromatic heterocycles. The standard InChI is InChI=1S/C39H47N5O10Si/c1-22-35(55(2,3)52)30(17-18-43-20-28(41-42-43)26(21-45)24-9-5-4-6-10-24)54-39(22)27-11-7-8-12-29(27)44(38(39)51)19-23-13-15-25(16-14-23)40-36(49)34-32(47)31(46)33(48)37(50)53-34/h4-16,20,22,26,30-35,37,45-48,50,52H,17-19,21H2,1-3H3,(H,40,49)/t22-,26?,30+,31+,32+,33-,34+,35-,37-,39+/m1/s1. The third-order valence-electron chi connectivity index (χ3n) is 11.2. The zero-order chi connectivity index (χ0) is 39.2. The molecule has 3 aliphatic rings. The van der Waals surface area contributed by atoms with Gasteiger partial charge in [0.05, 0.1) is 36.6 Å². The number of aryl methyl sites for hydroxylation is 1. The van der Waals surface area contributed by atoms with Crippen molar-refractivity contribution in [2.75, 3.05) is 16.8 Å². The number of carbonyl (C=O) groups is 2. The van der Waals surface area contributed by atoms with Crippen LogP contribution >= 0.6 is 0 Å². The molecule has 4 heterocycles. The smallest absolute Gasteiger partial charge is 0.264 e. The molecule has 3 aromatic carbocycles. The molecule has 0 saturated carbocycles. The van der Waals surface area contributed by atoms with E-state index in [1.54, 1.807) is 33.8 Å². The molecule has 15 nitrogen and oxygen atoms in total. The van der Waals surface area contributed by atoms with Crippen LogP contribution in [0, 0.1) is 5.92 Å². The summed E-state index contributed by atoms with van der Waals surface area (Å²) in [5.41, 5.74) is 2.47. The van der Waals surface area contributed by atoms with E-state index in [1.807, 2.05) is 80.8 Å². The normalized spacial score (nSPS) is 29.8. The highest BCUT2D eigenvalue weighted by Crippen LogP contribution is 2.59. The Balaban J connectivity index is 1.08. The number of fused-ring (bicyclic) bond motifs is 2. The molecule has 4 aromatic rings. The van der Waals surface area contributed by atoms with E-state index in [9.17, 15) is 39.9 Å². The van der Waals surface area contributed by atoms with Gasteiger partial charge >= 0.3 is 0 Å². The minimum atomic E-state index is -2.91. The number of carbonyl (C=O) groups excluding carboxylic acids is 2. The van der Waals surface area contributed by atoms with Gasteiger partial charge in [-0.05, 0) is 48.8 Å². The van der Waals surface area contributed by atoms with Crippen LogP contribution in [0.25, 0.3) is 0 Å². The van der Waals surface area contributed by atoms with Crippen LogP contribution in [-0.4, -0.2) is 109 Å². The number of nitrogens with one attached hydrogen (secondary N) is 1. The number of aliphatic hydroxyl groups excluding tert-OH is 5. The highest BCUT2D eigenvalue weighted by molar-refractivity contribution is 6.71. The number of hydrogen-bond acceptors (Lipinski definition) is 12. The number of aliphatic hydroxyl groups is 5. The summed E-state index contributed by atoms with van der Waals surface area (Å²) >= 11 is 0. The van der Waals surface area contributed by atoms with E-state index in [4.69, 9.17) is 9.47 Å². The van der Waals surface area contributed by atoms with Crippen molar-refractivity contribution in [3.8, 4) is 0 Å². The van der Waals surface area contributed by atoms with E-state index in [0.717, 1.165) is 16.7 Å². The lowest BCUT2D eigenvalue weighted by atomic mass is 9.82. The number of nitrogens with zero attached hydrogens (tertiary/aromatic N) is 4. The molecule has 3 aliphatic heterocycles. The number of anilines is 2. The first kappa shape index (κ1) is 38.9. The minimum Gasteiger partial charge on any atom is -0.432 e. The Labute approximate surface area is 318 Å². The van der Waals surface area contributed by atoms with E-state index in [0.29, 0.717) is 30.0 Å². The lowest BCUT2D eigenvalue weighted by molar-refractivity contribution is -0.274. The van der Waals surface area contributed by atoms with Gasteiger partial charge in [0.25, 0.3) is 11.8 Å². The van der Waals surface area contributed by atoms with Gasteiger partial charge in [0, 0.05) is 35.5 Å². The summed E-state index contributed by atoms with van der Waals surface area (Å²) in [4.78, 5) is 41.0. The van der Waals surface area contributed by atoms with Gasteiger partial charge in [-0.1, -0.05) is 72.8 Å². The van der Waals surface area contributed by atoms with Gasteiger partial charge in [0.2, 0.25) is 0 Å². The molecule has 55 heavy (non-hydrogen) atoms. The fourth-order valence-electron chi connectivity index (χ4n) is 8.52. The van der Waals surface area contributed by atoms with Gasteiger partial charge in [0.1, 0.15) is 18.3 Å². The van der Waals surface area contributed by atoms with Crippen molar-refractivity contribution >= 4 is 31.5 Å². The molecule has 1 spiro atoms. The van der Waals surface area contributed by atoms with E-state index in [-0.39, 0.29) is 36.4 Å². The Hall–Kier alpha value is -4.36. The van der Waals surface area contributed by atoms with Crippen LogP contribution in [0.15, 0.2) is 85.1 Å². The van der Waals surface area contributed by atoms with Gasteiger partial charge in [0.15, 0.2) is 26.3 Å². The second-order valence-electron chi connectivity index (χ2n) is 15.2. The zero-order valence-electron chi connectivity index (χ0n) is 30.7. The fourth-order valence-corrected chi connectivity index (χ4v) is 11.1. The molecule has 2 saturated heterocycles. The Morgan fingerprint density at radius 1 is 0.964 bits per heavy atom. The second-order valence-corrected chi connectivity index (χ2v) is 19.2. The molecule has 0 bridgehead atoms. The molecule has 1 unspecified atom stereocenters. The average molecular weight is 774 g/mol. The molecule has 2 fully saturated rings. The minimum absolute atomic E-state index is 0.121. The Morgan fingerprint density at radius 2 is 1.65 bits per heavy atom. The number of amides is 2. The first-order valence-corrected chi connectivity index (χ1v) is 21.4. The molecule has 7 N–H and O–H groups in total. The van der Waals surface area contributed by atoms with Crippen LogP contribution in [0.4, 0.5) is 11.4 Å². The lowest BCUT2D eigenvalue weighted by Crippen LogP contribution is -2.60. The van der Waals surface area contributed by atoms with Crippen LogP contribution in [0.3, 0.4) is 0 Å². The Kier molecular flexibility index (Phi) is 10.8. The van der Waals surface area contributed by atoms with Crippen molar-refractivity contribution in [3.05, 3.63) is 107 Å². The molecule has 292 valence electrons. The van der Waals surface area contributed by atoms with Crippen molar-refractivity contribution in [2.45, 2.75) is 93.4 Å². The molecule has 0 radical (unpaired) electrons. The number of ether oxygens (including phenoxy) is 2. The van der Waals surface area contributed by atoms with Crippen LogP contribution in [0.2, 0.25) is 18.6 Å². The van der Waals surface area contributed by atoms with Crippen LogP contribution in [0.5, 0.6) is 0 Å². The quantitative estimate of drug-likeness (QED) is 0.108. The maximum atomic E-state index is 14.8. The average Bonchev–Trinajstić information content (AvgIpc) is 3.83. The van der Waals surface area contributed by atoms with E-state index in [2.05, 4.69) is 15.6 Å². The van der Waals surface area contributed by atoms with Crippen molar-refractivity contribution in [3.63, 3.8) is 0 Å². The van der Waals surface area contributed by atoms with Crippen molar-refractivity contribution < 1.29 is 49.4 Å². The van der Waals surface area contributed by atoms with E-state index < -0.39 is 56.6 Å². The van der Waals surface area contributed by atoms with E-state index in [1.165, 1.54) is 0 Å². The number of hydrogen-bond donors (Lipinski definition) is 7. The summed E-state index contributed by atoms with van der Waals surface area (Å²) in [7, 11) is -2.91. The topological polar surface area (TPSA) is 220 Å². The summed E-state index contributed by atoms with van der Waals surface area (Å²) in [5.74, 6) is -1.74. The highest BCUT2D eigenvalue weighted by atomic mass is 28.4. The van der Waals surface area contributed by atoms with Gasteiger partial charge in [-0.25, -0.2) is 0 Å². The molecule has 10 atom stereocenters. The number of para-hydroxylation sites is 1. The summed E-state index contributed by atoms with van der Waals surface area (Å²) in [6, 6.07) is 23.9. The monoisotopic (exact) mass is 773 g/mol. The van der Waals surface area contributed by atoms with Gasteiger partial charge in [-0.15, -0.1) is 5.10 Å². The summed E-state index contributed by atoms with van der Waals surface area (Å²) in [6.45, 7) is 6.22.